The van der Waals surface area contributed by atoms with E-state index in [4.69, 9.17) is 0 Å². The number of nitrogens with zero attached hydrogens (tertiary/aromatic N) is 2. The number of carbonyl (C=O) groups is 2. The van der Waals surface area contributed by atoms with Crippen molar-refractivity contribution in [3.63, 3.8) is 0 Å². The van der Waals surface area contributed by atoms with Gasteiger partial charge in [0.25, 0.3) is 0 Å². The fourth-order valence-corrected chi connectivity index (χ4v) is 1.73. The first-order chi connectivity index (χ1) is 9.45. The molecule has 0 saturated carbocycles. The Bertz CT molecular complexity index is 446. The third-order valence-electron chi connectivity index (χ3n) is 3.15. The molecular weight excluding hydrogens is 256 g/mol. The Hall–Kier alpha value is -1.88. The van der Waals surface area contributed by atoms with Crippen LogP contribution >= 0.6 is 0 Å². The summed E-state index contributed by atoms with van der Waals surface area (Å²) in [5, 5.41) is 0. The fraction of sp³-hybridized carbons (Fsp3) is 0.467. The number of hydrogen-bond acceptors (Lipinski definition) is 4. The van der Waals surface area contributed by atoms with Gasteiger partial charge in [-0.3, -0.25) is 14.5 Å². The Morgan fingerprint density at radius 3 is 2.25 bits per heavy atom. The first kappa shape index (κ1) is 16.2. The molecule has 0 fully saturated rings. The molecular formula is C15H22N2O3. The quantitative estimate of drug-likeness (QED) is 0.741. The molecule has 0 saturated heterocycles. The molecule has 1 amide bonds. The Kier molecular flexibility index (Phi) is 6.18. The van der Waals surface area contributed by atoms with E-state index in [0.717, 1.165) is 5.69 Å². The van der Waals surface area contributed by atoms with Crippen molar-refractivity contribution in [3.05, 3.63) is 30.3 Å². The molecule has 5 heteroatoms. The van der Waals surface area contributed by atoms with Crippen molar-refractivity contribution in [2.45, 2.75) is 19.9 Å². The van der Waals surface area contributed by atoms with Crippen LogP contribution in [-0.2, 0) is 14.3 Å². The number of likely N-dealkylation sites (N-methyl/N-ethyl adjacent to an activating group) is 1. The largest absolute Gasteiger partial charge is 0.468 e. The van der Waals surface area contributed by atoms with Crippen LogP contribution < -0.4 is 4.90 Å². The summed E-state index contributed by atoms with van der Waals surface area (Å²) < 4.78 is 4.65. The lowest BCUT2D eigenvalue weighted by molar-refractivity contribution is -0.142. The molecule has 0 heterocycles. The highest BCUT2D eigenvalue weighted by Crippen LogP contribution is 2.12. The third-order valence-corrected chi connectivity index (χ3v) is 3.15. The van der Waals surface area contributed by atoms with Crippen LogP contribution in [0.5, 0.6) is 0 Å². The van der Waals surface area contributed by atoms with Crippen LogP contribution in [0.4, 0.5) is 5.69 Å². The highest BCUT2D eigenvalue weighted by molar-refractivity contribution is 5.94. The molecule has 0 bridgehead atoms. The van der Waals surface area contributed by atoms with Gasteiger partial charge in [-0.1, -0.05) is 18.2 Å². The van der Waals surface area contributed by atoms with Crippen molar-refractivity contribution in [1.82, 2.24) is 4.90 Å². The average molecular weight is 278 g/mol. The number of ether oxygens (including phenoxy) is 1. The van der Waals surface area contributed by atoms with E-state index in [2.05, 4.69) is 4.74 Å². The summed E-state index contributed by atoms with van der Waals surface area (Å²) in [6.07, 6.45) is 0. The zero-order valence-electron chi connectivity index (χ0n) is 12.5. The molecule has 110 valence electrons. The number of benzene rings is 1. The Balaban J connectivity index is 2.68. The van der Waals surface area contributed by atoms with Crippen LogP contribution in [0.2, 0.25) is 0 Å². The topological polar surface area (TPSA) is 49.9 Å². The Morgan fingerprint density at radius 1 is 1.15 bits per heavy atom. The molecule has 0 aromatic heterocycles. The molecule has 1 aromatic carbocycles. The number of amides is 1. The van der Waals surface area contributed by atoms with E-state index < -0.39 is 0 Å². The number of carbonyl (C=O) groups excluding carboxylic acids is 2. The van der Waals surface area contributed by atoms with E-state index in [-0.39, 0.29) is 31.0 Å². The molecule has 0 radical (unpaired) electrons. The number of esters is 1. The Morgan fingerprint density at radius 2 is 1.75 bits per heavy atom. The van der Waals surface area contributed by atoms with Crippen molar-refractivity contribution < 1.29 is 14.3 Å². The second-order valence-electron chi connectivity index (χ2n) is 4.86. The molecule has 0 aliphatic carbocycles. The maximum Gasteiger partial charge on any atom is 0.319 e. The minimum Gasteiger partial charge on any atom is -0.468 e. The third kappa shape index (κ3) is 4.66. The summed E-state index contributed by atoms with van der Waals surface area (Å²) in [4.78, 5) is 27.0. The molecule has 0 N–H and O–H groups in total. The van der Waals surface area contributed by atoms with Gasteiger partial charge in [0.05, 0.1) is 20.2 Å². The lowest BCUT2D eigenvalue weighted by Gasteiger charge is -2.27. The number of hydrogen-bond donors (Lipinski definition) is 0. The Labute approximate surface area is 120 Å². The number of methoxy groups -OCH3 is 1. The van der Waals surface area contributed by atoms with Crippen molar-refractivity contribution in [2.24, 2.45) is 0 Å². The molecule has 0 unspecified atom stereocenters. The zero-order chi connectivity index (χ0) is 15.1. The summed E-state index contributed by atoms with van der Waals surface area (Å²) in [6.45, 7) is 4.18. The molecule has 1 rings (SSSR count). The van der Waals surface area contributed by atoms with Crippen LogP contribution in [0, 0.1) is 0 Å². The number of anilines is 1. The molecule has 0 aliphatic rings. The predicted octanol–water partition coefficient (Wildman–Crippen LogP) is 1.53. The lowest BCUT2D eigenvalue weighted by atomic mass is 10.2. The molecule has 0 atom stereocenters. The number of rotatable bonds is 6. The SMILES string of the molecule is COC(=O)CN(CC(=O)N(C)c1ccccc1)C(C)C. The second kappa shape index (κ2) is 7.65. The molecule has 20 heavy (non-hydrogen) atoms. The fourth-order valence-electron chi connectivity index (χ4n) is 1.73. The summed E-state index contributed by atoms with van der Waals surface area (Å²) in [6, 6.07) is 9.50. The van der Waals surface area contributed by atoms with E-state index in [0.29, 0.717) is 0 Å². The first-order valence-corrected chi connectivity index (χ1v) is 6.58. The normalized spacial score (nSPS) is 10.7. The van der Waals surface area contributed by atoms with E-state index in [9.17, 15) is 9.59 Å². The zero-order valence-corrected chi connectivity index (χ0v) is 12.5. The van der Waals surface area contributed by atoms with Crippen LogP contribution in [0.25, 0.3) is 0 Å². The molecule has 5 nitrogen and oxygen atoms in total. The summed E-state index contributed by atoms with van der Waals surface area (Å²) >= 11 is 0. The highest BCUT2D eigenvalue weighted by atomic mass is 16.5. The van der Waals surface area contributed by atoms with E-state index in [1.54, 1.807) is 16.8 Å². The second-order valence-corrected chi connectivity index (χ2v) is 4.86. The van der Waals surface area contributed by atoms with Gasteiger partial charge in [-0.15, -0.1) is 0 Å². The standard InChI is InChI=1S/C15H22N2O3/c1-12(2)17(11-15(19)20-4)10-14(18)16(3)13-8-6-5-7-9-13/h5-9,12H,10-11H2,1-4H3. The van der Waals surface area contributed by atoms with E-state index >= 15 is 0 Å². The van der Waals surface area contributed by atoms with Gasteiger partial charge in [-0.2, -0.15) is 0 Å². The van der Waals surface area contributed by atoms with Gasteiger partial charge in [-0.25, -0.2) is 0 Å². The maximum absolute atomic E-state index is 12.3. The lowest BCUT2D eigenvalue weighted by Crippen LogP contribution is -2.44. The van der Waals surface area contributed by atoms with Crippen molar-refractivity contribution >= 4 is 17.6 Å². The molecule has 0 aliphatic heterocycles. The highest BCUT2D eigenvalue weighted by Gasteiger charge is 2.20. The monoisotopic (exact) mass is 278 g/mol. The van der Waals surface area contributed by atoms with Gasteiger partial charge in [-0.05, 0) is 26.0 Å². The van der Waals surface area contributed by atoms with E-state index in [1.807, 2.05) is 44.2 Å². The minimum atomic E-state index is -0.339. The van der Waals surface area contributed by atoms with Crippen molar-refractivity contribution in [1.29, 1.82) is 0 Å². The van der Waals surface area contributed by atoms with Gasteiger partial charge in [0.1, 0.15) is 0 Å². The van der Waals surface area contributed by atoms with Crippen LogP contribution in [0.15, 0.2) is 30.3 Å². The van der Waals surface area contributed by atoms with Crippen LogP contribution in [0.3, 0.4) is 0 Å². The molecule has 1 aromatic rings. The number of para-hydroxylation sites is 1. The van der Waals surface area contributed by atoms with E-state index in [1.165, 1.54) is 7.11 Å². The van der Waals surface area contributed by atoms with Crippen LogP contribution in [0.1, 0.15) is 13.8 Å². The van der Waals surface area contributed by atoms with Gasteiger partial charge < -0.3 is 9.64 Å². The summed E-state index contributed by atoms with van der Waals surface area (Å²) in [7, 11) is 3.08. The smallest absolute Gasteiger partial charge is 0.319 e. The van der Waals surface area contributed by atoms with Crippen LogP contribution in [-0.4, -0.2) is 50.1 Å². The summed E-state index contributed by atoms with van der Waals surface area (Å²) in [5.74, 6) is -0.400. The van der Waals surface area contributed by atoms with Gasteiger partial charge in [0.15, 0.2) is 0 Å². The van der Waals surface area contributed by atoms with Gasteiger partial charge >= 0.3 is 5.97 Å². The maximum atomic E-state index is 12.3. The average Bonchev–Trinajstić information content (AvgIpc) is 2.46. The van der Waals surface area contributed by atoms with Gasteiger partial charge in [0, 0.05) is 18.8 Å². The van der Waals surface area contributed by atoms with Gasteiger partial charge in [0.2, 0.25) is 5.91 Å². The van der Waals surface area contributed by atoms with Crippen molar-refractivity contribution in [2.75, 3.05) is 32.1 Å². The minimum absolute atomic E-state index is 0.0613. The molecule has 0 spiro atoms. The summed E-state index contributed by atoms with van der Waals surface area (Å²) in [5.41, 5.74) is 0.833. The first-order valence-electron chi connectivity index (χ1n) is 6.58. The van der Waals surface area contributed by atoms with Crippen molar-refractivity contribution in [3.8, 4) is 0 Å². The predicted molar refractivity (Wildman–Crippen MR) is 78.6 cm³/mol.